The first-order chi connectivity index (χ1) is 36.0. The highest BCUT2D eigenvalue weighted by Crippen LogP contribution is 2.19. The summed E-state index contributed by atoms with van der Waals surface area (Å²) in [4.78, 5) is 24.6. The van der Waals surface area contributed by atoms with Crippen LogP contribution in [0.15, 0.2) is 12.2 Å². The van der Waals surface area contributed by atoms with Crippen molar-refractivity contribution in [3.05, 3.63) is 12.2 Å². The Balaban J connectivity index is 3.39. The van der Waals surface area contributed by atoms with E-state index in [1.54, 1.807) is 0 Å². The second-order valence-electron chi connectivity index (χ2n) is 23.2. The maximum Gasteiger partial charge on any atom is 0.305 e. The second kappa shape index (κ2) is 63.1. The summed E-state index contributed by atoms with van der Waals surface area (Å²) < 4.78 is 5.49. The molecule has 6 heteroatoms. The lowest BCUT2D eigenvalue weighted by Gasteiger charge is -2.22. The molecule has 0 aromatic carbocycles. The average molecular weight is 1030 g/mol. The summed E-state index contributed by atoms with van der Waals surface area (Å²) in [6, 6.07) is -0.545. The molecule has 73 heavy (non-hydrogen) atoms. The molecule has 2 atom stereocenters. The largest absolute Gasteiger partial charge is 0.466 e. The van der Waals surface area contributed by atoms with E-state index in [9.17, 15) is 19.8 Å². The Hall–Kier alpha value is -1.40. The number of nitrogens with one attached hydrogen (secondary N) is 1. The van der Waals surface area contributed by atoms with Crippen LogP contribution in [0, 0.1) is 0 Å². The van der Waals surface area contributed by atoms with Gasteiger partial charge in [0.05, 0.1) is 25.4 Å². The van der Waals surface area contributed by atoms with Gasteiger partial charge in [0, 0.05) is 12.8 Å². The van der Waals surface area contributed by atoms with Crippen LogP contribution in [0.5, 0.6) is 0 Å². The maximum absolute atomic E-state index is 12.5. The quantitative estimate of drug-likeness (QED) is 0.0320. The lowest BCUT2D eigenvalue weighted by molar-refractivity contribution is -0.143. The van der Waals surface area contributed by atoms with Crippen LogP contribution in [-0.4, -0.2) is 47.4 Å². The van der Waals surface area contributed by atoms with Crippen molar-refractivity contribution in [2.75, 3.05) is 13.2 Å². The van der Waals surface area contributed by atoms with E-state index in [-0.39, 0.29) is 18.5 Å². The van der Waals surface area contributed by atoms with E-state index in [4.69, 9.17) is 4.74 Å². The van der Waals surface area contributed by atoms with Crippen molar-refractivity contribution >= 4 is 11.9 Å². The molecule has 0 aliphatic heterocycles. The molecule has 3 N–H and O–H groups in total. The number of allylic oxidation sites excluding steroid dienone is 2. The summed E-state index contributed by atoms with van der Waals surface area (Å²) in [6.45, 7) is 4.98. The minimum Gasteiger partial charge on any atom is -0.466 e. The number of hydrogen-bond donors (Lipinski definition) is 3. The van der Waals surface area contributed by atoms with Gasteiger partial charge in [0.15, 0.2) is 0 Å². The molecule has 0 radical (unpaired) electrons. The molecule has 0 aromatic heterocycles. The molecule has 0 aliphatic rings. The van der Waals surface area contributed by atoms with Crippen LogP contribution in [0.2, 0.25) is 0 Å². The molecular weight excluding hydrogens is 899 g/mol. The fourth-order valence-corrected chi connectivity index (χ4v) is 10.7. The van der Waals surface area contributed by atoms with E-state index < -0.39 is 12.1 Å². The standard InChI is InChI=1S/C67H131NO5/c1-3-5-7-9-11-13-15-17-19-21-22-23-24-28-31-35-39-43-47-51-55-59-65(70)64(63-69)68-66(71)60-56-52-48-44-40-36-32-29-25-26-30-34-38-42-46-50-54-58-62-73-67(72)61-57-53-49-45-41-37-33-27-20-18-16-14-12-10-8-6-4-2/h18,20,64-65,69-70H,3-17,19,21-63H2,1-2H3,(H,68,71)/b20-18-. The van der Waals surface area contributed by atoms with Crippen molar-refractivity contribution in [1.29, 1.82) is 0 Å². The first kappa shape index (κ1) is 71.6. The van der Waals surface area contributed by atoms with Crippen molar-refractivity contribution < 1.29 is 24.5 Å². The molecule has 0 saturated heterocycles. The normalized spacial score (nSPS) is 12.5. The minimum atomic E-state index is -0.668. The average Bonchev–Trinajstić information content (AvgIpc) is 3.39. The summed E-state index contributed by atoms with van der Waals surface area (Å²) in [6.07, 6.45) is 76.6. The number of hydrogen-bond acceptors (Lipinski definition) is 5. The molecule has 0 bridgehead atoms. The predicted molar refractivity (Wildman–Crippen MR) is 320 cm³/mol. The van der Waals surface area contributed by atoms with Crippen molar-refractivity contribution in [2.24, 2.45) is 0 Å². The molecule has 0 aromatic rings. The third-order valence-corrected chi connectivity index (χ3v) is 15.8. The molecule has 434 valence electrons. The van der Waals surface area contributed by atoms with Crippen LogP contribution in [-0.2, 0) is 14.3 Å². The van der Waals surface area contributed by atoms with Crippen LogP contribution in [0.25, 0.3) is 0 Å². The molecular formula is C67H131NO5. The molecule has 0 saturated carbocycles. The first-order valence-corrected chi connectivity index (χ1v) is 33.4. The van der Waals surface area contributed by atoms with Gasteiger partial charge < -0.3 is 20.3 Å². The molecule has 6 nitrogen and oxygen atoms in total. The van der Waals surface area contributed by atoms with E-state index in [1.807, 2.05) is 0 Å². The molecule has 0 spiro atoms. The van der Waals surface area contributed by atoms with Crippen molar-refractivity contribution in [1.82, 2.24) is 5.32 Å². The van der Waals surface area contributed by atoms with Crippen LogP contribution >= 0.6 is 0 Å². The van der Waals surface area contributed by atoms with E-state index >= 15 is 0 Å². The van der Waals surface area contributed by atoms with Gasteiger partial charge in [-0.25, -0.2) is 0 Å². The van der Waals surface area contributed by atoms with Crippen LogP contribution in [0.1, 0.15) is 380 Å². The zero-order valence-corrected chi connectivity index (χ0v) is 49.6. The number of unbranched alkanes of at least 4 members (excludes halogenated alkanes) is 50. The lowest BCUT2D eigenvalue weighted by atomic mass is 10.0. The van der Waals surface area contributed by atoms with E-state index in [0.29, 0.717) is 25.9 Å². The van der Waals surface area contributed by atoms with Gasteiger partial charge in [0.2, 0.25) is 5.91 Å². The Morgan fingerprint density at radius 1 is 0.370 bits per heavy atom. The van der Waals surface area contributed by atoms with E-state index in [1.165, 1.54) is 302 Å². The van der Waals surface area contributed by atoms with E-state index in [0.717, 1.165) is 44.9 Å². The second-order valence-corrected chi connectivity index (χ2v) is 23.2. The number of ether oxygens (including phenoxy) is 1. The summed E-state index contributed by atoms with van der Waals surface area (Å²) in [5.74, 6) is -0.0292. The van der Waals surface area contributed by atoms with Gasteiger partial charge >= 0.3 is 5.97 Å². The third-order valence-electron chi connectivity index (χ3n) is 15.8. The number of aliphatic hydroxyl groups is 2. The molecule has 0 aliphatic carbocycles. The Labute approximate surface area is 457 Å². The topological polar surface area (TPSA) is 95.9 Å². The Bertz CT molecular complexity index is 1100. The zero-order chi connectivity index (χ0) is 52.9. The Kier molecular flexibility index (Phi) is 61.9. The van der Waals surface area contributed by atoms with Crippen LogP contribution in [0.4, 0.5) is 0 Å². The lowest BCUT2D eigenvalue weighted by Crippen LogP contribution is -2.45. The van der Waals surface area contributed by atoms with Gasteiger partial charge in [0.25, 0.3) is 0 Å². The number of esters is 1. The minimum absolute atomic E-state index is 0.00531. The highest BCUT2D eigenvalue weighted by molar-refractivity contribution is 5.76. The monoisotopic (exact) mass is 1030 g/mol. The van der Waals surface area contributed by atoms with Gasteiger partial charge in [-0.3, -0.25) is 9.59 Å². The van der Waals surface area contributed by atoms with Gasteiger partial charge in [-0.2, -0.15) is 0 Å². The van der Waals surface area contributed by atoms with Gasteiger partial charge in [0.1, 0.15) is 0 Å². The number of aliphatic hydroxyl groups excluding tert-OH is 2. The van der Waals surface area contributed by atoms with Crippen molar-refractivity contribution in [2.45, 2.75) is 392 Å². The predicted octanol–water partition coefficient (Wildman–Crippen LogP) is 21.2. The third kappa shape index (κ3) is 59.7. The van der Waals surface area contributed by atoms with Gasteiger partial charge in [-0.1, -0.05) is 328 Å². The number of rotatable bonds is 63. The summed E-state index contributed by atoms with van der Waals surface area (Å²) in [5, 5.41) is 23.4. The smallest absolute Gasteiger partial charge is 0.305 e. The molecule has 1 amide bonds. The highest BCUT2D eigenvalue weighted by atomic mass is 16.5. The summed E-state index contributed by atoms with van der Waals surface area (Å²) >= 11 is 0. The fraction of sp³-hybridized carbons (Fsp3) is 0.940. The number of amides is 1. The highest BCUT2D eigenvalue weighted by Gasteiger charge is 2.20. The SMILES string of the molecule is CCCCCCCC/C=C\CCCCCCCCCC(=O)OCCCCCCCCCCCCCCCCCCCCC(=O)NC(CO)C(O)CCCCCCCCCCCCCCCCCCCCCCC. The summed E-state index contributed by atoms with van der Waals surface area (Å²) in [7, 11) is 0. The number of carbonyl (C=O) groups is 2. The van der Waals surface area contributed by atoms with Crippen LogP contribution in [0.3, 0.4) is 0 Å². The maximum atomic E-state index is 12.5. The molecule has 2 unspecified atom stereocenters. The first-order valence-electron chi connectivity index (χ1n) is 33.4. The van der Waals surface area contributed by atoms with Crippen molar-refractivity contribution in [3.63, 3.8) is 0 Å². The molecule has 0 fully saturated rings. The molecule has 0 heterocycles. The zero-order valence-electron chi connectivity index (χ0n) is 49.6. The van der Waals surface area contributed by atoms with Crippen molar-refractivity contribution in [3.8, 4) is 0 Å². The fourth-order valence-electron chi connectivity index (χ4n) is 10.7. The van der Waals surface area contributed by atoms with E-state index in [2.05, 4.69) is 31.3 Å². The number of carbonyl (C=O) groups excluding carboxylic acids is 2. The summed E-state index contributed by atoms with van der Waals surface area (Å²) in [5.41, 5.74) is 0. The Morgan fingerprint density at radius 3 is 0.973 bits per heavy atom. The Morgan fingerprint density at radius 2 is 0.644 bits per heavy atom. The van der Waals surface area contributed by atoms with Gasteiger partial charge in [-0.05, 0) is 51.4 Å². The molecule has 0 rings (SSSR count). The van der Waals surface area contributed by atoms with Gasteiger partial charge in [-0.15, -0.1) is 0 Å². The van der Waals surface area contributed by atoms with Crippen LogP contribution < -0.4 is 5.32 Å².